The Morgan fingerprint density at radius 3 is 1.67 bits per heavy atom. The Morgan fingerprint density at radius 2 is 0.931 bits per heavy atom. The van der Waals surface area contributed by atoms with Gasteiger partial charge in [0.2, 0.25) is 0 Å². The first-order valence-corrected chi connectivity index (χ1v) is 20.0. The molecule has 1 aliphatic rings. The second-order valence-corrected chi connectivity index (χ2v) is 16.1. The maximum atomic E-state index is 6.84. The second-order valence-electron chi connectivity index (χ2n) is 16.1. The number of furan rings is 1. The van der Waals surface area contributed by atoms with Gasteiger partial charge >= 0.3 is 0 Å². The van der Waals surface area contributed by atoms with Crippen molar-refractivity contribution in [1.29, 1.82) is 0 Å². The third-order valence-corrected chi connectivity index (χ3v) is 12.5. The van der Waals surface area contributed by atoms with E-state index in [4.69, 9.17) is 14.4 Å². The van der Waals surface area contributed by atoms with Crippen molar-refractivity contribution in [2.75, 3.05) is 0 Å². The summed E-state index contributed by atoms with van der Waals surface area (Å²) in [6.07, 6.45) is 0. The van der Waals surface area contributed by atoms with Gasteiger partial charge in [-0.25, -0.2) is 9.97 Å². The number of fused-ring (bicyclic) bond motifs is 12. The van der Waals surface area contributed by atoms with Gasteiger partial charge in [-0.05, 0) is 107 Å². The van der Waals surface area contributed by atoms with Crippen LogP contribution in [0, 0.1) is 0 Å². The van der Waals surface area contributed by atoms with Crippen molar-refractivity contribution in [2.45, 2.75) is 19.3 Å². The van der Waals surface area contributed by atoms with Gasteiger partial charge in [-0.3, -0.25) is 0 Å². The minimum absolute atomic E-state index is 0.136. The number of hydrogen-bond acceptors (Lipinski definition) is 3. The van der Waals surface area contributed by atoms with E-state index in [1.807, 2.05) is 18.2 Å². The zero-order chi connectivity index (χ0) is 38.5. The molecule has 11 aromatic rings. The largest absolute Gasteiger partial charge is 0.452 e. The molecule has 0 atom stereocenters. The van der Waals surface area contributed by atoms with Gasteiger partial charge in [0.1, 0.15) is 16.8 Å². The summed E-state index contributed by atoms with van der Waals surface area (Å²) in [5, 5.41) is 8.64. The maximum absolute atomic E-state index is 6.84. The van der Waals surface area contributed by atoms with E-state index in [0.717, 1.165) is 44.4 Å². The smallest absolute Gasteiger partial charge is 0.180 e. The molecule has 0 amide bonds. The number of rotatable bonds is 4. The molecule has 2 heterocycles. The van der Waals surface area contributed by atoms with Crippen LogP contribution in [0.3, 0.4) is 0 Å². The molecule has 0 radical (unpaired) electrons. The van der Waals surface area contributed by atoms with Crippen LogP contribution in [0.25, 0.3) is 110 Å². The molecule has 272 valence electrons. The Hall–Kier alpha value is -7.36. The van der Waals surface area contributed by atoms with Crippen LogP contribution in [0.1, 0.15) is 25.0 Å². The molecule has 2 aromatic heterocycles. The molecule has 0 saturated carbocycles. The minimum atomic E-state index is -0.136. The lowest BCUT2D eigenvalue weighted by atomic mass is 9.82. The second kappa shape index (κ2) is 12.3. The van der Waals surface area contributed by atoms with Gasteiger partial charge in [-0.2, -0.15) is 0 Å². The van der Waals surface area contributed by atoms with Crippen molar-refractivity contribution in [1.82, 2.24) is 9.97 Å². The highest BCUT2D eigenvalue weighted by Gasteiger charge is 2.35. The standard InChI is InChI=1S/C55H36N2O/c1-55(2)48-22-11-10-21-44(48)45-27-25-38(31-49(45)55)51-53-52(57-54(56-51)33-13-4-3-5-14-33)46-28-24-37(32-50(46)58-53)35-16-12-15-34(29-35)36-23-26-43-41-19-7-6-17-39(41)40-18-8-9-20-42(40)47(43)30-36/h3-32H,1-2H3. The van der Waals surface area contributed by atoms with Crippen molar-refractivity contribution in [3.8, 4) is 56.0 Å². The number of nitrogens with zero attached hydrogens (tertiary/aromatic N) is 2. The lowest BCUT2D eigenvalue weighted by molar-refractivity contribution is 0.659. The third kappa shape index (κ3) is 4.86. The van der Waals surface area contributed by atoms with Crippen LogP contribution >= 0.6 is 0 Å². The van der Waals surface area contributed by atoms with E-state index in [0.29, 0.717) is 11.4 Å². The van der Waals surface area contributed by atoms with E-state index in [9.17, 15) is 0 Å². The van der Waals surface area contributed by atoms with E-state index in [1.54, 1.807) is 0 Å². The summed E-state index contributed by atoms with van der Waals surface area (Å²) in [7, 11) is 0. The fourth-order valence-electron chi connectivity index (χ4n) is 9.55. The quantitative estimate of drug-likeness (QED) is 0.169. The topological polar surface area (TPSA) is 38.9 Å². The molecule has 9 aromatic carbocycles. The first-order valence-electron chi connectivity index (χ1n) is 20.0. The third-order valence-electron chi connectivity index (χ3n) is 12.5. The molecule has 3 heteroatoms. The predicted molar refractivity (Wildman–Crippen MR) is 241 cm³/mol. The van der Waals surface area contributed by atoms with Crippen molar-refractivity contribution >= 4 is 54.4 Å². The summed E-state index contributed by atoms with van der Waals surface area (Å²) in [4.78, 5) is 10.4. The zero-order valence-corrected chi connectivity index (χ0v) is 32.1. The van der Waals surface area contributed by atoms with Gasteiger partial charge in [-0.15, -0.1) is 0 Å². The Kier molecular flexibility index (Phi) is 6.98. The fourth-order valence-corrected chi connectivity index (χ4v) is 9.55. The zero-order valence-electron chi connectivity index (χ0n) is 32.1. The van der Waals surface area contributed by atoms with E-state index < -0.39 is 0 Å². The highest BCUT2D eigenvalue weighted by atomic mass is 16.3. The number of hydrogen-bond donors (Lipinski definition) is 0. The van der Waals surface area contributed by atoms with E-state index >= 15 is 0 Å². The van der Waals surface area contributed by atoms with Crippen molar-refractivity contribution < 1.29 is 4.42 Å². The average molecular weight is 741 g/mol. The molecule has 0 spiro atoms. The van der Waals surface area contributed by atoms with Gasteiger partial charge in [-0.1, -0.05) is 166 Å². The lowest BCUT2D eigenvalue weighted by Gasteiger charge is -2.21. The van der Waals surface area contributed by atoms with E-state index in [1.165, 1.54) is 65.7 Å². The summed E-state index contributed by atoms with van der Waals surface area (Å²) in [6, 6.07) is 65.5. The molecule has 0 bridgehead atoms. The monoisotopic (exact) mass is 740 g/mol. The normalized spacial score (nSPS) is 13.1. The first kappa shape index (κ1) is 32.8. The molecule has 0 saturated heterocycles. The Balaban J connectivity index is 0.993. The summed E-state index contributed by atoms with van der Waals surface area (Å²) in [6.45, 7) is 4.63. The van der Waals surface area contributed by atoms with Gasteiger partial charge in [0.15, 0.2) is 11.4 Å². The van der Waals surface area contributed by atoms with Gasteiger partial charge in [0, 0.05) is 21.9 Å². The SMILES string of the molecule is CC1(C)c2ccccc2-c2ccc(-c3nc(-c4ccccc4)nc4c3oc3cc(-c5cccc(-c6ccc7c8ccccc8c8ccccc8c7c6)c5)ccc34)cc21. The van der Waals surface area contributed by atoms with Crippen LogP contribution in [-0.2, 0) is 5.41 Å². The van der Waals surface area contributed by atoms with Crippen LogP contribution in [-0.4, -0.2) is 9.97 Å². The molecule has 3 nitrogen and oxygen atoms in total. The van der Waals surface area contributed by atoms with Gasteiger partial charge in [0.25, 0.3) is 0 Å². The van der Waals surface area contributed by atoms with Gasteiger partial charge in [0.05, 0.1) is 0 Å². The Morgan fingerprint density at radius 1 is 0.379 bits per heavy atom. The average Bonchev–Trinajstić information content (AvgIpc) is 3.77. The predicted octanol–water partition coefficient (Wildman–Crippen LogP) is 14.8. The first-order chi connectivity index (χ1) is 28.5. The number of aromatic nitrogens is 2. The molecule has 0 N–H and O–H groups in total. The van der Waals surface area contributed by atoms with Gasteiger partial charge < -0.3 is 4.42 Å². The summed E-state index contributed by atoms with van der Waals surface area (Å²) in [5.74, 6) is 0.682. The lowest BCUT2D eigenvalue weighted by Crippen LogP contribution is -2.14. The van der Waals surface area contributed by atoms with Crippen LogP contribution in [0.4, 0.5) is 0 Å². The minimum Gasteiger partial charge on any atom is -0.452 e. The molecule has 58 heavy (non-hydrogen) atoms. The van der Waals surface area contributed by atoms with Crippen molar-refractivity contribution in [2.24, 2.45) is 0 Å². The summed E-state index contributed by atoms with van der Waals surface area (Å²) in [5.41, 5.74) is 14.8. The molecule has 0 unspecified atom stereocenters. The molecule has 12 rings (SSSR count). The Labute approximate surface area is 335 Å². The van der Waals surface area contributed by atoms with E-state index in [2.05, 4.69) is 178 Å². The fraction of sp³-hybridized carbons (Fsp3) is 0.0545. The van der Waals surface area contributed by atoms with E-state index in [-0.39, 0.29) is 5.41 Å². The molecular formula is C55H36N2O. The summed E-state index contributed by atoms with van der Waals surface area (Å²) < 4.78 is 6.84. The van der Waals surface area contributed by atoms with Crippen molar-refractivity contribution in [3.63, 3.8) is 0 Å². The maximum Gasteiger partial charge on any atom is 0.180 e. The van der Waals surface area contributed by atoms with Crippen LogP contribution in [0.2, 0.25) is 0 Å². The molecule has 0 fully saturated rings. The Bertz CT molecular complexity index is 3450. The molecular weight excluding hydrogens is 705 g/mol. The van der Waals surface area contributed by atoms with Crippen LogP contribution in [0.5, 0.6) is 0 Å². The van der Waals surface area contributed by atoms with Crippen LogP contribution < -0.4 is 0 Å². The number of benzene rings is 9. The highest BCUT2D eigenvalue weighted by molar-refractivity contribution is 6.25. The van der Waals surface area contributed by atoms with Crippen molar-refractivity contribution in [3.05, 3.63) is 193 Å². The molecule has 0 aliphatic heterocycles. The molecule has 1 aliphatic carbocycles. The summed E-state index contributed by atoms with van der Waals surface area (Å²) >= 11 is 0. The highest BCUT2D eigenvalue weighted by Crippen LogP contribution is 2.50. The van der Waals surface area contributed by atoms with Crippen LogP contribution in [0.15, 0.2) is 186 Å².